The van der Waals surface area contributed by atoms with Gasteiger partial charge in [0.25, 0.3) is 0 Å². The van der Waals surface area contributed by atoms with Crippen molar-refractivity contribution in [2.45, 2.75) is 18.7 Å². The molecule has 12 heteroatoms. The largest absolute Gasteiger partial charge is 0.497 e. The Morgan fingerprint density at radius 1 is 1.26 bits per heavy atom. The highest BCUT2D eigenvalue weighted by molar-refractivity contribution is 7.99. The predicted octanol–water partition coefficient (Wildman–Crippen LogP) is 2.55. The van der Waals surface area contributed by atoms with E-state index in [1.165, 1.54) is 16.0 Å². The Labute approximate surface area is 186 Å². The minimum absolute atomic E-state index is 0.0340. The number of hydrogen-bond donors (Lipinski definition) is 2. The first kappa shape index (κ1) is 22.4. The van der Waals surface area contributed by atoms with E-state index in [-0.39, 0.29) is 24.9 Å². The summed E-state index contributed by atoms with van der Waals surface area (Å²) in [5.74, 6) is 6.93. The minimum Gasteiger partial charge on any atom is -0.497 e. The maximum absolute atomic E-state index is 12.3. The van der Waals surface area contributed by atoms with Crippen molar-refractivity contribution in [1.29, 1.82) is 0 Å². The molecule has 164 valence electrons. The molecule has 0 spiro atoms. The summed E-state index contributed by atoms with van der Waals surface area (Å²) in [4.78, 5) is 24.2. The third-order valence-electron chi connectivity index (χ3n) is 3.89. The molecular weight excluding hydrogens is 442 g/mol. The smallest absolute Gasteiger partial charge is 0.341 e. The summed E-state index contributed by atoms with van der Waals surface area (Å²) in [5, 5.41) is 13.2. The molecule has 0 bridgehead atoms. The van der Waals surface area contributed by atoms with E-state index < -0.39 is 5.97 Å². The van der Waals surface area contributed by atoms with Gasteiger partial charge < -0.3 is 25.4 Å². The van der Waals surface area contributed by atoms with Crippen molar-refractivity contribution >= 4 is 40.0 Å². The van der Waals surface area contributed by atoms with Gasteiger partial charge in [-0.15, -0.1) is 21.5 Å². The molecule has 10 nitrogen and oxygen atoms in total. The summed E-state index contributed by atoms with van der Waals surface area (Å²) < 4.78 is 17.1. The molecule has 1 amide bonds. The Balaban J connectivity index is 1.53. The number of rotatable bonds is 10. The van der Waals surface area contributed by atoms with Crippen molar-refractivity contribution < 1.29 is 23.8 Å². The summed E-state index contributed by atoms with van der Waals surface area (Å²) in [7, 11) is 1.57. The molecule has 3 N–H and O–H groups in total. The van der Waals surface area contributed by atoms with Gasteiger partial charge in [0.05, 0.1) is 25.0 Å². The monoisotopic (exact) mass is 463 g/mol. The number of anilines is 1. The molecule has 0 saturated heterocycles. The highest BCUT2D eigenvalue weighted by Crippen LogP contribution is 2.25. The van der Waals surface area contributed by atoms with Gasteiger partial charge in [-0.25, -0.2) is 9.47 Å². The number of nitrogens with two attached hydrogens (primary N) is 1. The van der Waals surface area contributed by atoms with E-state index in [0.717, 1.165) is 11.8 Å². The fraction of sp³-hybridized carbons (Fsp3) is 0.263. The maximum atomic E-state index is 12.3. The molecule has 0 radical (unpaired) electrons. The fourth-order valence-corrected chi connectivity index (χ4v) is 3.88. The quantitative estimate of drug-likeness (QED) is 0.264. The lowest BCUT2D eigenvalue weighted by Crippen LogP contribution is -2.18. The molecule has 0 atom stereocenters. The van der Waals surface area contributed by atoms with Crippen molar-refractivity contribution in [3.05, 3.63) is 47.1 Å². The highest BCUT2D eigenvalue weighted by atomic mass is 32.2. The zero-order valence-corrected chi connectivity index (χ0v) is 18.5. The summed E-state index contributed by atoms with van der Waals surface area (Å²) in [6.07, 6.45) is 0. The molecule has 0 fully saturated rings. The molecule has 3 rings (SSSR count). The molecule has 0 aliphatic carbocycles. The van der Waals surface area contributed by atoms with Crippen molar-refractivity contribution in [1.82, 2.24) is 14.9 Å². The van der Waals surface area contributed by atoms with Gasteiger partial charge in [0, 0.05) is 6.07 Å². The Morgan fingerprint density at radius 2 is 2.06 bits per heavy atom. The number of esters is 1. The molecule has 2 heterocycles. The molecule has 0 unspecified atom stereocenters. The van der Waals surface area contributed by atoms with Crippen molar-refractivity contribution in [2.75, 3.05) is 30.6 Å². The zero-order valence-electron chi connectivity index (χ0n) is 16.9. The standard InChI is InChI=1S/C19H21N5O5S2/c1-3-28-18(26)14-7-8-30-17(14)21-16(25)11-31-19-23-22-15(24(19)20)10-29-13-6-4-5-12(9-13)27-2/h4-9H,3,10-11,20H2,1-2H3,(H,21,25). The number of benzene rings is 1. The number of nitrogen functional groups attached to an aromatic ring is 1. The van der Waals surface area contributed by atoms with Crippen LogP contribution in [0.15, 0.2) is 40.9 Å². The lowest BCUT2D eigenvalue weighted by molar-refractivity contribution is -0.113. The van der Waals surface area contributed by atoms with Crippen LogP contribution >= 0.6 is 23.1 Å². The van der Waals surface area contributed by atoms with Crippen LogP contribution in [0.5, 0.6) is 11.5 Å². The fourth-order valence-electron chi connectivity index (χ4n) is 2.41. The molecule has 31 heavy (non-hydrogen) atoms. The Hall–Kier alpha value is -3.25. The van der Waals surface area contributed by atoms with Crippen LogP contribution < -0.4 is 20.6 Å². The lowest BCUT2D eigenvalue weighted by atomic mass is 10.3. The molecule has 0 aliphatic rings. The Bertz CT molecular complexity index is 1050. The van der Waals surface area contributed by atoms with Gasteiger partial charge in [-0.05, 0) is 30.5 Å². The lowest BCUT2D eigenvalue weighted by Gasteiger charge is -2.08. The average molecular weight is 464 g/mol. The number of aromatic nitrogens is 3. The van der Waals surface area contributed by atoms with E-state index in [4.69, 9.17) is 20.1 Å². The second kappa shape index (κ2) is 10.7. The first-order valence-electron chi connectivity index (χ1n) is 9.15. The number of hydrogen-bond acceptors (Lipinski definition) is 10. The van der Waals surface area contributed by atoms with Crippen LogP contribution in [0.2, 0.25) is 0 Å². The number of nitrogens with zero attached hydrogens (tertiary/aromatic N) is 3. The topological polar surface area (TPSA) is 131 Å². The first-order valence-corrected chi connectivity index (χ1v) is 11.0. The number of thiophene rings is 1. The molecule has 1 aromatic carbocycles. The summed E-state index contributed by atoms with van der Waals surface area (Å²) in [6.45, 7) is 2.08. The van der Waals surface area contributed by atoms with Gasteiger partial charge in [-0.1, -0.05) is 17.8 Å². The van der Waals surface area contributed by atoms with Crippen LogP contribution in [0.4, 0.5) is 5.00 Å². The van der Waals surface area contributed by atoms with Crippen LogP contribution in [0, 0.1) is 0 Å². The van der Waals surface area contributed by atoms with Crippen molar-refractivity contribution in [3.8, 4) is 11.5 Å². The van der Waals surface area contributed by atoms with E-state index in [0.29, 0.717) is 33.0 Å². The number of ether oxygens (including phenoxy) is 3. The third kappa shape index (κ3) is 5.89. The van der Waals surface area contributed by atoms with Gasteiger partial charge >= 0.3 is 5.97 Å². The van der Waals surface area contributed by atoms with Crippen molar-refractivity contribution in [2.24, 2.45) is 0 Å². The maximum Gasteiger partial charge on any atom is 0.341 e. The van der Waals surface area contributed by atoms with Gasteiger partial charge in [-0.2, -0.15) is 0 Å². The van der Waals surface area contributed by atoms with Crippen molar-refractivity contribution in [3.63, 3.8) is 0 Å². The third-order valence-corrected chi connectivity index (χ3v) is 5.66. The van der Waals surface area contributed by atoms with Crippen LogP contribution in [0.1, 0.15) is 23.1 Å². The number of amides is 1. The van der Waals surface area contributed by atoms with Crippen LogP contribution in [0.25, 0.3) is 0 Å². The van der Waals surface area contributed by atoms with E-state index >= 15 is 0 Å². The van der Waals surface area contributed by atoms with Gasteiger partial charge in [0.15, 0.2) is 5.82 Å². The van der Waals surface area contributed by atoms with Gasteiger partial charge in [-0.3, -0.25) is 4.79 Å². The molecule has 3 aromatic rings. The van der Waals surface area contributed by atoms with Crippen LogP contribution in [-0.4, -0.2) is 46.2 Å². The van der Waals surface area contributed by atoms with E-state index in [1.807, 2.05) is 12.1 Å². The van der Waals surface area contributed by atoms with Gasteiger partial charge in [0.1, 0.15) is 23.1 Å². The summed E-state index contributed by atoms with van der Waals surface area (Å²) in [5.41, 5.74) is 0.323. The second-order valence-electron chi connectivity index (χ2n) is 5.96. The summed E-state index contributed by atoms with van der Waals surface area (Å²) in [6, 6.07) is 8.75. The minimum atomic E-state index is -0.478. The normalized spacial score (nSPS) is 10.5. The van der Waals surface area contributed by atoms with E-state index in [9.17, 15) is 9.59 Å². The van der Waals surface area contributed by atoms with E-state index in [2.05, 4.69) is 15.5 Å². The zero-order chi connectivity index (χ0) is 22.2. The van der Waals surface area contributed by atoms with Crippen LogP contribution in [-0.2, 0) is 16.1 Å². The number of thioether (sulfide) groups is 1. The number of methoxy groups -OCH3 is 1. The highest BCUT2D eigenvalue weighted by Gasteiger charge is 2.17. The number of carbonyl (C=O) groups excluding carboxylic acids is 2. The molecule has 2 aromatic heterocycles. The Kier molecular flexibility index (Phi) is 7.73. The molecular formula is C19H21N5O5S2. The van der Waals surface area contributed by atoms with Crippen LogP contribution in [0.3, 0.4) is 0 Å². The average Bonchev–Trinajstić information content (AvgIpc) is 3.37. The predicted molar refractivity (Wildman–Crippen MR) is 117 cm³/mol. The second-order valence-corrected chi connectivity index (χ2v) is 7.82. The molecule has 0 aliphatic heterocycles. The number of nitrogens with one attached hydrogen (secondary N) is 1. The number of carbonyl (C=O) groups is 2. The van der Waals surface area contributed by atoms with Gasteiger partial charge in [0.2, 0.25) is 11.1 Å². The summed E-state index contributed by atoms with van der Waals surface area (Å²) >= 11 is 2.36. The molecule has 0 saturated carbocycles. The Morgan fingerprint density at radius 3 is 2.84 bits per heavy atom. The van der Waals surface area contributed by atoms with E-state index in [1.54, 1.807) is 37.6 Å². The SMILES string of the molecule is CCOC(=O)c1ccsc1NC(=O)CSc1nnc(COc2cccc(OC)c2)n1N. The first-order chi connectivity index (χ1) is 15.0.